The lowest BCUT2D eigenvalue weighted by molar-refractivity contribution is -0.137. The Morgan fingerprint density at radius 2 is 1.93 bits per heavy atom. The maximum absolute atomic E-state index is 13.1. The molecule has 9 heteroatoms. The van der Waals surface area contributed by atoms with Crippen molar-refractivity contribution in [2.45, 2.75) is 25.4 Å². The topological polar surface area (TPSA) is 76.0 Å². The molecule has 1 aromatic heterocycles. The molecule has 0 saturated carbocycles. The van der Waals surface area contributed by atoms with Gasteiger partial charge in [-0.3, -0.25) is 9.59 Å². The SMILES string of the molecule is Cc1cc(NC(=O)C2CC(=O)Nc3ccccc32)n(-c2cccc(C(F)(F)F)c2)n1. The molecular formula is C21H17F3N4O2. The number of anilines is 2. The zero-order valence-corrected chi connectivity index (χ0v) is 15.8. The summed E-state index contributed by atoms with van der Waals surface area (Å²) in [4.78, 5) is 25.0. The average Bonchev–Trinajstić information content (AvgIpc) is 3.06. The first kappa shape index (κ1) is 19.7. The van der Waals surface area contributed by atoms with E-state index in [9.17, 15) is 22.8 Å². The van der Waals surface area contributed by atoms with Crippen molar-refractivity contribution in [3.63, 3.8) is 0 Å². The van der Waals surface area contributed by atoms with Gasteiger partial charge >= 0.3 is 6.18 Å². The minimum Gasteiger partial charge on any atom is -0.326 e. The molecule has 0 aliphatic carbocycles. The molecule has 2 amide bonds. The summed E-state index contributed by atoms with van der Waals surface area (Å²) in [6, 6.07) is 13.2. The van der Waals surface area contributed by atoms with Crippen LogP contribution in [0.5, 0.6) is 0 Å². The molecule has 1 aliphatic heterocycles. The van der Waals surface area contributed by atoms with E-state index in [2.05, 4.69) is 15.7 Å². The largest absolute Gasteiger partial charge is 0.416 e. The number of benzene rings is 2. The van der Waals surface area contributed by atoms with Gasteiger partial charge in [0.2, 0.25) is 11.8 Å². The molecule has 4 rings (SSSR count). The van der Waals surface area contributed by atoms with Crippen molar-refractivity contribution in [1.82, 2.24) is 9.78 Å². The molecule has 1 unspecified atom stereocenters. The molecule has 0 fully saturated rings. The van der Waals surface area contributed by atoms with Crippen molar-refractivity contribution in [1.29, 1.82) is 0 Å². The van der Waals surface area contributed by atoms with Gasteiger partial charge in [-0.2, -0.15) is 18.3 Å². The monoisotopic (exact) mass is 414 g/mol. The molecule has 6 nitrogen and oxygen atoms in total. The minimum absolute atomic E-state index is 0.0282. The quantitative estimate of drug-likeness (QED) is 0.672. The summed E-state index contributed by atoms with van der Waals surface area (Å²) in [5, 5.41) is 9.66. The van der Waals surface area contributed by atoms with E-state index in [-0.39, 0.29) is 23.8 Å². The lowest BCUT2D eigenvalue weighted by atomic mass is 9.90. The second-order valence-corrected chi connectivity index (χ2v) is 7.01. The van der Waals surface area contributed by atoms with Crippen molar-refractivity contribution in [3.8, 4) is 5.69 Å². The fourth-order valence-electron chi connectivity index (χ4n) is 3.46. The Hall–Kier alpha value is -3.62. The molecule has 1 atom stereocenters. The van der Waals surface area contributed by atoms with Crippen LogP contribution < -0.4 is 10.6 Å². The standard InChI is InChI=1S/C21H17F3N4O2/c1-12-9-18(28(27-12)14-6-4-5-13(10-14)21(22,23)24)26-20(30)16-11-19(29)25-17-8-3-2-7-15(16)17/h2-10,16H,11H2,1H3,(H,25,29)(H,26,30). The first-order valence-corrected chi connectivity index (χ1v) is 9.16. The van der Waals surface area contributed by atoms with E-state index in [0.717, 1.165) is 12.1 Å². The Labute approximate surface area is 169 Å². The van der Waals surface area contributed by atoms with E-state index in [1.807, 2.05) is 0 Å². The Kier molecular flexibility index (Phi) is 4.81. The number of hydrogen-bond donors (Lipinski definition) is 2. The zero-order chi connectivity index (χ0) is 21.5. The number of aryl methyl sites for hydroxylation is 1. The van der Waals surface area contributed by atoms with Crippen molar-refractivity contribution in [2.24, 2.45) is 0 Å². The van der Waals surface area contributed by atoms with Crippen LogP contribution in [-0.4, -0.2) is 21.6 Å². The number of nitrogens with one attached hydrogen (secondary N) is 2. The number of carbonyl (C=O) groups excluding carboxylic acids is 2. The number of fused-ring (bicyclic) bond motifs is 1. The maximum Gasteiger partial charge on any atom is 0.416 e. The maximum atomic E-state index is 13.1. The van der Waals surface area contributed by atoms with Crippen molar-refractivity contribution >= 4 is 23.3 Å². The first-order valence-electron chi connectivity index (χ1n) is 9.16. The normalized spacial score (nSPS) is 16.0. The lowest BCUT2D eigenvalue weighted by Crippen LogP contribution is -2.31. The number of para-hydroxylation sites is 1. The van der Waals surface area contributed by atoms with E-state index in [0.29, 0.717) is 16.9 Å². The smallest absolute Gasteiger partial charge is 0.326 e. The zero-order valence-electron chi connectivity index (χ0n) is 15.8. The molecule has 2 N–H and O–H groups in total. The highest BCUT2D eigenvalue weighted by molar-refractivity contribution is 6.04. The highest BCUT2D eigenvalue weighted by atomic mass is 19.4. The minimum atomic E-state index is -4.50. The molecule has 0 radical (unpaired) electrons. The second-order valence-electron chi connectivity index (χ2n) is 7.01. The van der Waals surface area contributed by atoms with E-state index in [1.165, 1.54) is 16.8 Å². The number of aromatic nitrogens is 2. The number of carbonyl (C=O) groups is 2. The van der Waals surface area contributed by atoms with Crippen LogP contribution in [0.3, 0.4) is 0 Å². The van der Waals surface area contributed by atoms with E-state index < -0.39 is 23.6 Å². The van der Waals surface area contributed by atoms with Crippen LogP contribution in [-0.2, 0) is 15.8 Å². The summed E-state index contributed by atoms with van der Waals surface area (Å²) in [6.07, 6.45) is -4.53. The van der Waals surface area contributed by atoms with Crippen LogP contribution in [0.4, 0.5) is 24.7 Å². The molecule has 0 bridgehead atoms. The van der Waals surface area contributed by atoms with E-state index >= 15 is 0 Å². The average molecular weight is 414 g/mol. The summed E-state index contributed by atoms with van der Waals surface area (Å²) in [7, 11) is 0. The molecule has 2 aromatic carbocycles. The number of hydrogen-bond acceptors (Lipinski definition) is 3. The summed E-state index contributed by atoms with van der Waals surface area (Å²) >= 11 is 0. The number of amides is 2. The van der Waals surface area contributed by atoms with Gasteiger partial charge in [-0.15, -0.1) is 0 Å². The molecular weight excluding hydrogens is 397 g/mol. The van der Waals surface area contributed by atoms with Crippen LogP contribution >= 0.6 is 0 Å². The first-order chi connectivity index (χ1) is 14.2. The number of nitrogens with zero attached hydrogens (tertiary/aromatic N) is 2. The van der Waals surface area contributed by atoms with Crippen molar-refractivity contribution < 1.29 is 22.8 Å². The molecule has 1 aliphatic rings. The number of alkyl halides is 3. The van der Waals surface area contributed by atoms with E-state index in [1.54, 1.807) is 37.3 Å². The van der Waals surface area contributed by atoms with Gasteiger partial charge in [-0.25, -0.2) is 4.68 Å². The van der Waals surface area contributed by atoms with Crippen molar-refractivity contribution in [2.75, 3.05) is 10.6 Å². The van der Waals surface area contributed by atoms with Crippen LogP contribution in [0.25, 0.3) is 5.69 Å². The Morgan fingerprint density at radius 3 is 2.70 bits per heavy atom. The predicted octanol–water partition coefficient (Wildman–Crippen LogP) is 4.26. The molecule has 154 valence electrons. The molecule has 3 aromatic rings. The van der Waals surface area contributed by atoms with Gasteiger partial charge in [0, 0.05) is 18.2 Å². The van der Waals surface area contributed by atoms with E-state index in [4.69, 9.17) is 0 Å². The highest BCUT2D eigenvalue weighted by Gasteiger charge is 2.32. The third-order valence-electron chi connectivity index (χ3n) is 4.82. The molecule has 2 heterocycles. The summed E-state index contributed by atoms with van der Waals surface area (Å²) in [5.41, 5.74) is 1.11. The van der Waals surface area contributed by atoms with Gasteiger partial charge in [-0.05, 0) is 36.8 Å². The van der Waals surface area contributed by atoms with Gasteiger partial charge in [0.1, 0.15) is 5.82 Å². The third-order valence-corrected chi connectivity index (χ3v) is 4.82. The highest BCUT2D eigenvalue weighted by Crippen LogP contribution is 2.34. The molecule has 0 saturated heterocycles. The molecule has 30 heavy (non-hydrogen) atoms. The third kappa shape index (κ3) is 3.78. The van der Waals surface area contributed by atoms with Gasteiger partial charge in [0.05, 0.1) is 22.9 Å². The Balaban J connectivity index is 1.66. The Morgan fingerprint density at radius 1 is 1.17 bits per heavy atom. The van der Waals surface area contributed by atoms with Gasteiger partial charge in [-0.1, -0.05) is 24.3 Å². The summed E-state index contributed by atoms with van der Waals surface area (Å²) in [5.74, 6) is -1.22. The number of rotatable bonds is 3. The summed E-state index contributed by atoms with van der Waals surface area (Å²) in [6.45, 7) is 1.67. The fraction of sp³-hybridized carbons (Fsp3) is 0.190. The van der Waals surface area contributed by atoms with Crippen LogP contribution in [0.15, 0.2) is 54.6 Å². The van der Waals surface area contributed by atoms with Gasteiger partial charge in [0.25, 0.3) is 0 Å². The fourth-order valence-corrected chi connectivity index (χ4v) is 3.46. The number of halogens is 3. The summed E-state index contributed by atoms with van der Waals surface area (Å²) < 4.78 is 40.5. The van der Waals surface area contributed by atoms with Gasteiger partial charge in [0.15, 0.2) is 0 Å². The van der Waals surface area contributed by atoms with Crippen LogP contribution in [0.1, 0.15) is 29.2 Å². The van der Waals surface area contributed by atoms with Crippen molar-refractivity contribution in [3.05, 3.63) is 71.4 Å². The molecule has 0 spiro atoms. The Bertz CT molecular complexity index is 1140. The van der Waals surface area contributed by atoms with Crippen LogP contribution in [0, 0.1) is 6.92 Å². The lowest BCUT2D eigenvalue weighted by Gasteiger charge is -2.24. The van der Waals surface area contributed by atoms with Crippen LogP contribution in [0.2, 0.25) is 0 Å². The predicted molar refractivity (Wildman–Crippen MR) is 104 cm³/mol. The second kappa shape index (κ2) is 7.33. The van der Waals surface area contributed by atoms with Gasteiger partial charge < -0.3 is 10.6 Å².